The van der Waals surface area contributed by atoms with E-state index in [1.54, 1.807) is 0 Å². The SMILES string of the molecule is CCCn1ccnc1CC(NN)c1cc(C)c(C)s1. The Bertz CT molecular complexity index is 510. The summed E-state index contributed by atoms with van der Waals surface area (Å²) >= 11 is 1.81. The van der Waals surface area contributed by atoms with Gasteiger partial charge in [0.1, 0.15) is 5.82 Å². The zero-order valence-electron chi connectivity index (χ0n) is 11.8. The van der Waals surface area contributed by atoms with Crippen LogP contribution in [0.2, 0.25) is 0 Å². The summed E-state index contributed by atoms with van der Waals surface area (Å²) in [5.74, 6) is 6.82. The molecule has 0 amide bonds. The minimum absolute atomic E-state index is 0.135. The summed E-state index contributed by atoms with van der Waals surface area (Å²) in [5.41, 5.74) is 4.25. The molecule has 1 atom stereocenters. The quantitative estimate of drug-likeness (QED) is 0.631. The van der Waals surface area contributed by atoms with Gasteiger partial charge in [0.2, 0.25) is 0 Å². The van der Waals surface area contributed by atoms with E-state index in [9.17, 15) is 0 Å². The predicted octanol–water partition coefficient (Wildman–Crippen LogP) is 2.72. The van der Waals surface area contributed by atoms with E-state index in [1.807, 2.05) is 23.7 Å². The van der Waals surface area contributed by atoms with Gasteiger partial charge in [0.15, 0.2) is 0 Å². The molecule has 0 radical (unpaired) electrons. The van der Waals surface area contributed by atoms with Crippen LogP contribution >= 0.6 is 11.3 Å². The number of thiophene rings is 1. The molecule has 2 heterocycles. The van der Waals surface area contributed by atoms with E-state index < -0.39 is 0 Å². The van der Waals surface area contributed by atoms with Crippen LogP contribution in [-0.2, 0) is 13.0 Å². The molecule has 0 aliphatic carbocycles. The minimum Gasteiger partial charge on any atom is -0.335 e. The first-order valence-corrected chi connectivity index (χ1v) is 7.50. The predicted molar refractivity (Wildman–Crippen MR) is 80.1 cm³/mol. The van der Waals surface area contributed by atoms with Crippen LogP contribution in [-0.4, -0.2) is 9.55 Å². The molecule has 2 aromatic heterocycles. The fourth-order valence-electron chi connectivity index (χ4n) is 2.17. The molecule has 0 spiro atoms. The lowest BCUT2D eigenvalue weighted by atomic mass is 10.1. The van der Waals surface area contributed by atoms with Crippen LogP contribution in [0.25, 0.3) is 0 Å². The first kappa shape index (κ1) is 14.2. The second kappa shape index (κ2) is 6.32. The second-order valence-electron chi connectivity index (χ2n) is 4.85. The van der Waals surface area contributed by atoms with Gasteiger partial charge in [-0.2, -0.15) is 0 Å². The Kier molecular flexibility index (Phi) is 4.74. The zero-order valence-corrected chi connectivity index (χ0v) is 12.6. The first-order valence-electron chi connectivity index (χ1n) is 6.68. The van der Waals surface area contributed by atoms with Gasteiger partial charge in [-0.3, -0.25) is 11.3 Å². The lowest BCUT2D eigenvalue weighted by Crippen LogP contribution is -2.29. The molecule has 0 fully saturated rings. The molecule has 0 aliphatic rings. The number of aryl methyl sites for hydroxylation is 3. The molecule has 0 saturated heterocycles. The molecular formula is C14H22N4S. The fraction of sp³-hybridized carbons (Fsp3) is 0.500. The standard InChI is InChI=1S/C14H22N4S/c1-4-6-18-7-5-16-14(18)9-12(17-15)13-8-10(2)11(3)19-13/h5,7-8,12,17H,4,6,9,15H2,1-3H3. The Morgan fingerprint density at radius 3 is 2.84 bits per heavy atom. The molecule has 2 aromatic rings. The van der Waals surface area contributed by atoms with E-state index >= 15 is 0 Å². The smallest absolute Gasteiger partial charge is 0.110 e. The van der Waals surface area contributed by atoms with Crippen LogP contribution in [0.3, 0.4) is 0 Å². The minimum atomic E-state index is 0.135. The topological polar surface area (TPSA) is 55.9 Å². The van der Waals surface area contributed by atoms with E-state index in [1.165, 1.54) is 15.3 Å². The van der Waals surface area contributed by atoms with Gasteiger partial charge in [0.05, 0.1) is 6.04 Å². The molecule has 4 nitrogen and oxygen atoms in total. The summed E-state index contributed by atoms with van der Waals surface area (Å²) in [6.07, 6.45) is 5.84. The first-order chi connectivity index (χ1) is 9.15. The molecule has 104 valence electrons. The van der Waals surface area contributed by atoms with Crippen molar-refractivity contribution in [1.82, 2.24) is 15.0 Å². The van der Waals surface area contributed by atoms with E-state index in [0.717, 1.165) is 25.2 Å². The number of imidazole rings is 1. The van der Waals surface area contributed by atoms with Crippen molar-refractivity contribution in [1.29, 1.82) is 0 Å². The average Bonchev–Trinajstić information content (AvgIpc) is 2.95. The Hall–Kier alpha value is -1.17. The lowest BCUT2D eigenvalue weighted by molar-refractivity contribution is 0.523. The molecule has 2 rings (SSSR count). The van der Waals surface area contributed by atoms with E-state index in [-0.39, 0.29) is 6.04 Å². The van der Waals surface area contributed by atoms with Gasteiger partial charge in [0.25, 0.3) is 0 Å². The van der Waals surface area contributed by atoms with Gasteiger partial charge in [-0.15, -0.1) is 11.3 Å². The maximum atomic E-state index is 5.72. The number of nitrogens with two attached hydrogens (primary N) is 1. The fourth-order valence-corrected chi connectivity index (χ4v) is 3.27. The van der Waals surface area contributed by atoms with Crippen LogP contribution in [0, 0.1) is 13.8 Å². The van der Waals surface area contributed by atoms with Gasteiger partial charge in [-0.25, -0.2) is 4.98 Å². The number of hydrogen-bond donors (Lipinski definition) is 2. The van der Waals surface area contributed by atoms with Crippen molar-refractivity contribution in [3.05, 3.63) is 39.6 Å². The number of nitrogens with zero attached hydrogens (tertiary/aromatic N) is 2. The van der Waals surface area contributed by atoms with Crippen molar-refractivity contribution in [3.63, 3.8) is 0 Å². The van der Waals surface area contributed by atoms with Gasteiger partial charge >= 0.3 is 0 Å². The van der Waals surface area contributed by atoms with E-state index in [4.69, 9.17) is 5.84 Å². The zero-order chi connectivity index (χ0) is 13.8. The van der Waals surface area contributed by atoms with Crippen LogP contribution in [0.4, 0.5) is 0 Å². The molecule has 0 aromatic carbocycles. The molecule has 3 N–H and O–H groups in total. The van der Waals surface area contributed by atoms with E-state index in [0.29, 0.717) is 0 Å². The Balaban J connectivity index is 2.16. The summed E-state index contributed by atoms with van der Waals surface area (Å²) in [7, 11) is 0. The average molecular weight is 278 g/mol. The number of nitrogens with one attached hydrogen (secondary N) is 1. The highest BCUT2D eigenvalue weighted by molar-refractivity contribution is 7.12. The number of rotatable bonds is 6. The highest BCUT2D eigenvalue weighted by Gasteiger charge is 2.16. The van der Waals surface area contributed by atoms with Crippen molar-refractivity contribution >= 4 is 11.3 Å². The summed E-state index contributed by atoms with van der Waals surface area (Å²) in [6.45, 7) is 7.47. The molecule has 5 heteroatoms. The van der Waals surface area contributed by atoms with Gasteiger partial charge in [0, 0.05) is 35.1 Å². The van der Waals surface area contributed by atoms with Crippen molar-refractivity contribution in [2.75, 3.05) is 0 Å². The number of hydrogen-bond acceptors (Lipinski definition) is 4. The van der Waals surface area contributed by atoms with Crippen molar-refractivity contribution in [3.8, 4) is 0 Å². The molecule has 0 saturated carbocycles. The van der Waals surface area contributed by atoms with Gasteiger partial charge in [-0.05, 0) is 31.9 Å². The molecule has 1 unspecified atom stereocenters. The maximum absolute atomic E-state index is 5.72. The maximum Gasteiger partial charge on any atom is 0.110 e. The molecule has 19 heavy (non-hydrogen) atoms. The van der Waals surface area contributed by atoms with Gasteiger partial charge in [-0.1, -0.05) is 6.92 Å². The highest BCUT2D eigenvalue weighted by atomic mass is 32.1. The Labute approximate surface area is 118 Å². The summed E-state index contributed by atoms with van der Waals surface area (Å²) < 4.78 is 2.21. The third kappa shape index (κ3) is 3.23. The third-order valence-corrected chi connectivity index (χ3v) is 4.65. The van der Waals surface area contributed by atoms with Gasteiger partial charge < -0.3 is 4.57 Å². The van der Waals surface area contributed by atoms with Crippen molar-refractivity contribution in [2.45, 2.75) is 46.2 Å². The van der Waals surface area contributed by atoms with E-state index in [2.05, 4.69) is 41.8 Å². The van der Waals surface area contributed by atoms with Crippen LogP contribution in [0.1, 0.15) is 40.5 Å². The molecule has 0 aliphatic heterocycles. The van der Waals surface area contributed by atoms with Crippen LogP contribution in [0.5, 0.6) is 0 Å². The molecule has 0 bridgehead atoms. The lowest BCUT2D eigenvalue weighted by Gasteiger charge is -2.15. The summed E-state index contributed by atoms with van der Waals surface area (Å²) in [4.78, 5) is 7.08. The Morgan fingerprint density at radius 1 is 1.47 bits per heavy atom. The van der Waals surface area contributed by atoms with Crippen molar-refractivity contribution < 1.29 is 0 Å². The number of aromatic nitrogens is 2. The Morgan fingerprint density at radius 2 is 2.26 bits per heavy atom. The van der Waals surface area contributed by atoms with Crippen molar-refractivity contribution in [2.24, 2.45) is 5.84 Å². The van der Waals surface area contributed by atoms with Crippen LogP contribution < -0.4 is 11.3 Å². The second-order valence-corrected chi connectivity index (χ2v) is 6.14. The third-order valence-electron chi connectivity index (χ3n) is 3.38. The molecular weight excluding hydrogens is 256 g/mol. The summed E-state index contributed by atoms with van der Waals surface area (Å²) in [6, 6.07) is 2.35. The van der Waals surface area contributed by atoms with Crippen LogP contribution in [0.15, 0.2) is 18.5 Å². The largest absolute Gasteiger partial charge is 0.335 e. The normalized spacial score (nSPS) is 12.8. The summed E-state index contributed by atoms with van der Waals surface area (Å²) in [5, 5.41) is 0. The highest BCUT2D eigenvalue weighted by Crippen LogP contribution is 2.28. The monoisotopic (exact) mass is 278 g/mol. The number of hydrazine groups is 1.